The van der Waals surface area contributed by atoms with Crippen LogP contribution >= 0.6 is 23.8 Å². The highest BCUT2D eigenvalue weighted by molar-refractivity contribution is 7.80. The number of hydrogen-bond donors (Lipinski definition) is 1. The van der Waals surface area contributed by atoms with Crippen molar-refractivity contribution in [2.24, 2.45) is 0 Å². The average Bonchev–Trinajstić information content (AvgIpc) is 3.34. The summed E-state index contributed by atoms with van der Waals surface area (Å²) in [5, 5.41) is 4.74. The van der Waals surface area contributed by atoms with E-state index in [9.17, 15) is 0 Å². The maximum Gasteiger partial charge on any atom is 0.174 e. The summed E-state index contributed by atoms with van der Waals surface area (Å²) in [5.74, 6) is 0. The van der Waals surface area contributed by atoms with Gasteiger partial charge < -0.3 is 10.2 Å². The van der Waals surface area contributed by atoms with Gasteiger partial charge in [0.15, 0.2) is 5.11 Å². The zero-order valence-electron chi connectivity index (χ0n) is 12.4. The summed E-state index contributed by atoms with van der Waals surface area (Å²) >= 11 is 11.9. The van der Waals surface area contributed by atoms with Gasteiger partial charge in [-0.1, -0.05) is 29.8 Å². The van der Waals surface area contributed by atoms with Crippen LogP contribution in [0.25, 0.3) is 0 Å². The Morgan fingerprint density at radius 1 is 1.36 bits per heavy atom. The van der Waals surface area contributed by atoms with Crippen LogP contribution in [0.4, 0.5) is 5.69 Å². The Morgan fingerprint density at radius 3 is 2.82 bits per heavy atom. The second-order valence-electron chi connectivity index (χ2n) is 5.58. The molecule has 1 saturated carbocycles. The molecular weight excluding hydrogens is 314 g/mol. The van der Waals surface area contributed by atoms with E-state index in [1.165, 1.54) is 12.8 Å². The van der Waals surface area contributed by atoms with Gasteiger partial charge in [-0.15, -0.1) is 0 Å². The maximum absolute atomic E-state index is 6.28. The summed E-state index contributed by atoms with van der Waals surface area (Å²) in [6, 6.07) is 10.4. The van der Waals surface area contributed by atoms with E-state index in [-0.39, 0.29) is 0 Å². The first kappa shape index (κ1) is 15.3. The minimum atomic E-state index is 0.517. The average molecular weight is 332 g/mol. The molecular formula is C17H18ClN3S. The van der Waals surface area contributed by atoms with E-state index in [4.69, 9.17) is 23.8 Å². The van der Waals surface area contributed by atoms with Crippen molar-refractivity contribution in [1.29, 1.82) is 0 Å². The molecule has 1 N–H and O–H groups in total. The number of pyridine rings is 1. The zero-order valence-corrected chi connectivity index (χ0v) is 14.0. The number of nitrogens with zero attached hydrogens (tertiary/aromatic N) is 2. The highest BCUT2D eigenvalue weighted by atomic mass is 35.5. The highest BCUT2D eigenvalue weighted by Crippen LogP contribution is 2.31. The fourth-order valence-corrected chi connectivity index (χ4v) is 2.99. The van der Waals surface area contributed by atoms with E-state index >= 15 is 0 Å². The Bertz CT molecular complexity index is 651. The smallest absolute Gasteiger partial charge is 0.174 e. The molecule has 3 nitrogen and oxygen atoms in total. The lowest BCUT2D eigenvalue weighted by Gasteiger charge is -2.26. The number of hydrogen-bond acceptors (Lipinski definition) is 2. The monoisotopic (exact) mass is 331 g/mol. The van der Waals surface area contributed by atoms with E-state index in [1.54, 1.807) is 6.20 Å². The number of nitrogens with one attached hydrogen (secondary N) is 1. The summed E-state index contributed by atoms with van der Waals surface area (Å²) in [5.41, 5.74) is 3.15. The number of aromatic nitrogens is 1. The Hall–Kier alpha value is -1.65. The molecule has 2 aromatic rings. The Kier molecular flexibility index (Phi) is 4.60. The van der Waals surface area contributed by atoms with E-state index in [0.717, 1.165) is 28.5 Å². The molecule has 1 aromatic heterocycles. The third kappa shape index (κ3) is 3.57. The summed E-state index contributed by atoms with van der Waals surface area (Å²) in [7, 11) is 0. The van der Waals surface area contributed by atoms with E-state index in [1.807, 2.05) is 37.4 Å². The first-order chi connectivity index (χ1) is 10.6. The van der Waals surface area contributed by atoms with Gasteiger partial charge in [-0.2, -0.15) is 0 Å². The van der Waals surface area contributed by atoms with Gasteiger partial charge in [0.1, 0.15) is 0 Å². The Morgan fingerprint density at radius 2 is 2.18 bits per heavy atom. The van der Waals surface area contributed by atoms with Crippen LogP contribution in [0.5, 0.6) is 0 Å². The van der Waals surface area contributed by atoms with Crippen LogP contribution in [0, 0.1) is 6.92 Å². The molecule has 1 aliphatic carbocycles. The van der Waals surface area contributed by atoms with E-state index < -0.39 is 0 Å². The van der Waals surface area contributed by atoms with Crippen molar-refractivity contribution < 1.29 is 0 Å². The van der Waals surface area contributed by atoms with Gasteiger partial charge in [0.25, 0.3) is 0 Å². The van der Waals surface area contributed by atoms with Crippen LogP contribution < -0.4 is 5.32 Å². The predicted molar refractivity (Wildman–Crippen MR) is 95.2 cm³/mol. The number of anilines is 1. The lowest BCUT2D eigenvalue weighted by Crippen LogP contribution is -2.36. The third-order valence-electron chi connectivity index (χ3n) is 3.78. The maximum atomic E-state index is 6.28. The van der Waals surface area contributed by atoms with Gasteiger partial charge in [-0.25, -0.2) is 0 Å². The van der Waals surface area contributed by atoms with Crippen molar-refractivity contribution in [2.45, 2.75) is 32.4 Å². The van der Waals surface area contributed by atoms with Crippen molar-refractivity contribution in [3.63, 3.8) is 0 Å². The normalized spacial score (nSPS) is 13.7. The highest BCUT2D eigenvalue weighted by Gasteiger charge is 2.31. The van der Waals surface area contributed by atoms with Gasteiger partial charge in [0, 0.05) is 25.0 Å². The van der Waals surface area contributed by atoms with Crippen molar-refractivity contribution in [1.82, 2.24) is 9.88 Å². The standard InChI is InChI=1S/C17H18ClN3S/c1-12-4-2-6-15(18)16(12)20-17(22)21(14-7-8-14)11-13-5-3-9-19-10-13/h2-6,9-10,14H,7-8,11H2,1H3,(H,20,22). The van der Waals surface area contributed by atoms with Crippen molar-refractivity contribution >= 4 is 34.6 Å². The molecule has 0 atom stereocenters. The van der Waals surface area contributed by atoms with Crippen LogP contribution in [0.2, 0.25) is 5.02 Å². The molecule has 114 valence electrons. The third-order valence-corrected chi connectivity index (χ3v) is 4.43. The molecule has 0 bridgehead atoms. The molecule has 0 unspecified atom stereocenters. The Labute approximate surface area is 141 Å². The SMILES string of the molecule is Cc1cccc(Cl)c1NC(=S)N(Cc1cccnc1)C1CC1. The fourth-order valence-electron chi connectivity index (χ4n) is 2.41. The summed E-state index contributed by atoms with van der Waals surface area (Å²) in [6.07, 6.45) is 6.04. The van der Waals surface area contributed by atoms with Crippen LogP contribution in [-0.2, 0) is 6.54 Å². The van der Waals surface area contributed by atoms with Gasteiger partial charge in [0.2, 0.25) is 0 Å². The quantitative estimate of drug-likeness (QED) is 0.840. The molecule has 0 amide bonds. The first-order valence-electron chi connectivity index (χ1n) is 7.37. The molecule has 5 heteroatoms. The largest absolute Gasteiger partial charge is 0.342 e. The molecule has 0 spiro atoms. The molecule has 0 saturated heterocycles. The molecule has 1 heterocycles. The van der Waals surface area contributed by atoms with Crippen LogP contribution in [-0.4, -0.2) is 21.0 Å². The van der Waals surface area contributed by atoms with Gasteiger partial charge in [-0.05, 0) is 55.2 Å². The van der Waals surface area contributed by atoms with E-state index in [0.29, 0.717) is 11.1 Å². The second kappa shape index (κ2) is 6.63. The molecule has 3 rings (SSSR count). The van der Waals surface area contributed by atoms with Gasteiger partial charge in [-0.3, -0.25) is 4.98 Å². The number of thiocarbonyl (C=S) groups is 1. The summed E-state index contributed by atoms with van der Waals surface area (Å²) in [4.78, 5) is 6.41. The molecule has 0 radical (unpaired) electrons. The van der Waals surface area contributed by atoms with Crippen LogP contribution in [0.15, 0.2) is 42.7 Å². The van der Waals surface area contributed by atoms with Crippen molar-refractivity contribution in [3.8, 4) is 0 Å². The number of rotatable bonds is 4. The molecule has 22 heavy (non-hydrogen) atoms. The predicted octanol–water partition coefficient (Wildman–Crippen LogP) is 4.40. The number of halogens is 1. The fraction of sp³-hybridized carbons (Fsp3) is 0.294. The molecule has 1 aliphatic rings. The van der Waals surface area contributed by atoms with Crippen LogP contribution in [0.3, 0.4) is 0 Å². The lowest BCUT2D eigenvalue weighted by atomic mass is 10.2. The summed E-state index contributed by atoms with van der Waals surface area (Å²) in [6.45, 7) is 2.80. The summed E-state index contributed by atoms with van der Waals surface area (Å²) < 4.78 is 0. The zero-order chi connectivity index (χ0) is 15.5. The van der Waals surface area contributed by atoms with Gasteiger partial charge >= 0.3 is 0 Å². The van der Waals surface area contributed by atoms with E-state index in [2.05, 4.69) is 21.3 Å². The molecule has 0 aliphatic heterocycles. The number of para-hydroxylation sites is 1. The Balaban J connectivity index is 1.76. The molecule has 1 fully saturated rings. The van der Waals surface area contributed by atoms with Crippen molar-refractivity contribution in [2.75, 3.05) is 5.32 Å². The minimum Gasteiger partial charge on any atom is -0.342 e. The lowest BCUT2D eigenvalue weighted by molar-refractivity contribution is 0.409. The molecule has 1 aromatic carbocycles. The minimum absolute atomic E-state index is 0.517. The van der Waals surface area contributed by atoms with Gasteiger partial charge in [0.05, 0.1) is 10.7 Å². The number of benzene rings is 1. The second-order valence-corrected chi connectivity index (χ2v) is 6.38. The topological polar surface area (TPSA) is 28.2 Å². The number of aryl methyl sites for hydroxylation is 1. The van der Waals surface area contributed by atoms with Crippen LogP contribution in [0.1, 0.15) is 24.0 Å². The van der Waals surface area contributed by atoms with Crippen molar-refractivity contribution in [3.05, 3.63) is 58.9 Å². The first-order valence-corrected chi connectivity index (χ1v) is 8.15.